The molecule has 1 N–H and O–H groups in total. The normalized spacial score (nSPS) is 16.1. The Labute approximate surface area is 152 Å². The number of nitrogens with zero attached hydrogens (tertiary/aromatic N) is 3. The monoisotopic (exact) mass is 382 g/mol. The highest BCUT2D eigenvalue weighted by Crippen LogP contribution is 2.24. The molecular weight excluding hydrogens is 360 g/mol. The average molecular weight is 382 g/mol. The largest absolute Gasteiger partial charge is 0.272 e. The summed E-state index contributed by atoms with van der Waals surface area (Å²) in [5.74, 6) is -0.553. The summed E-state index contributed by atoms with van der Waals surface area (Å²) in [6.07, 6.45) is 6.84. The Bertz CT molecular complexity index is 788. The van der Waals surface area contributed by atoms with Crippen molar-refractivity contribution in [2.75, 3.05) is 12.8 Å². The van der Waals surface area contributed by atoms with Gasteiger partial charge in [-0.15, -0.1) is 0 Å². The molecular formula is C16H22N4O5S. The highest BCUT2D eigenvalue weighted by Gasteiger charge is 2.29. The number of nitrogens with one attached hydrogen (secondary N) is 1. The first-order chi connectivity index (χ1) is 12.3. The average Bonchev–Trinajstić information content (AvgIpc) is 2.59. The zero-order chi connectivity index (χ0) is 19.2. The molecule has 0 atom stereocenters. The van der Waals surface area contributed by atoms with Gasteiger partial charge in [-0.25, -0.2) is 13.8 Å². The van der Waals surface area contributed by atoms with Crippen LogP contribution < -0.4 is 5.43 Å². The number of hydrogen-bond donors (Lipinski definition) is 1. The van der Waals surface area contributed by atoms with Crippen molar-refractivity contribution in [3.8, 4) is 0 Å². The van der Waals surface area contributed by atoms with Gasteiger partial charge in [-0.1, -0.05) is 31.4 Å². The zero-order valence-electron chi connectivity index (χ0n) is 14.5. The van der Waals surface area contributed by atoms with Crippen molar-refractivity contribution in [3.05, 3.63) is 39.9 Å². The lowest BCUT2D eigenvalue weighted by Crippen LogP contribution is -2.45. The van der Waals surface area contributed by atoms with Crippen LogP contribution in [0.15, 0.2) is 29.4 Å². The highest BCUT2D eigenvalue weighted by molar-refractivity contribution is 7.88. The minimum absolute atomic E-state index is 0.0826. The number of hydrogen-bond acceptors (Lipinski definition) is 6. The second kappa shape index (κ2) is 8.86. The van der Waals surface area contributed by atoms with Crippen LogP contribution in [0.4, 0.5) is 5.69 Å². The summed E-state index contributed by atoms with van der Waals surface area (Å²) in [5, 5.41) is 14.5. The third kappa shape index (κ3) is 5.88. The minimum Gasteiger partial charge on any atom is -0.272 e. The van der Waals surface area contributed by atoms with Crippen LogP contribution in [0.2, 0.25) is 0 Å². The standard InChI is InChI=1S/C16H22N4O5S/c1-26(24,25)19(14-7-3-2-4-8-14)12-16(21)18-17-11-13-6-5-9-15(10-13)20(22)23/h5-6,9-11,14H,2-4,7-8,12H2,1H3,(H,18,21)/b17-11+. The molecule has 0 radical (unpaired) electrons. The fourth-order valence-corrected chi connectivity index (χ4v) is 4.06. The third-order valence-electron chi connectivity index (χ3n) is 4.19. The molecule has 1 aliphatic rings. The zero-order valence-corrected chi connectivity index (χ0v) is 15.3. The van der Waals surface area contributed by atoms with Gasteiger partial charge in [-0.3, -0.25) is 14.9 Å². The fourth-order valence-electron chi connectivity index (χ4n) is 2.96. The van der Waals surface area contributed by atoms with Crippen molar-refractivity contribution < 1.29 is 18.1 Å². The summed E-state index contributed by atoms with van der Waals surface area (Å²) >= 11 is 0. The maximum atomic E-state index is 12.1. The maximum Gasteiger partial charge on any atom is 0.270 e. The van der Waals surface area contributed by atoms with Gasteiger partial charge in [0.1, 0.15) is 0 Å². The van der Waals surface area contributed by atoms with Crippen molar-refractivity contribution in [1.29, 1.82) is 0 Å². The third-order valence-corrected chi connectivity index (χ3v) is 5.47. The van der Waals surface area contributed by atoms with Crippen molar-refractivity contribution in [2.45, 2.75) is 38.1 Å². The Hall–Kier alpha value is -2.33. The number of non-ortho nitro benzene ring substituents is 1. The van der Waals surface area contributed by atoms with E-state index in [1.54, 1.807) is 6.07 Å². The van der Waals surface area contributed by atoms with E-state index in [4.69, 9.17) is 0 Å². The molecule has 0 unspecified atom stereocenters. The molecule has 0 saturated heterocycles. The van der Waals surface area contributed by atoms with E-state index >= 15 is 0 Å². The lowest BCUT2D eigenvalue weighted by Gasteiger charge is -2.31. The molecule has 0 heterocycles. The first kappa shape index (κ1) is 20.0. The molecule has 1 fully saturated rings. The van der Waals surface area contributed by atoms with Crippen LogP contribution in [0, 0.1) is 10.1 Å². The van der Waals surface area contributed by atoms with Crippen LogP contribution in [0.3, 0.4) is 0 Å². The quantitative estimate of drug-likeness (QED) is 0.436. The Kier molecular flexibility index (Phi) is 6.81. The Morgan fingerprint density at radius 1 is 1.38 bits per heavy atom. The molecule has 10 heteroatoms. The summed E-state index contributed by atoms with van der Waals surface area (Å²) in [4.78, 5) is 22.3. The molecule has 1 aromatic carbocycles. The van der Waals surface area contributed by atoms with E-state index in [-0.39, 0.29) is 18.3 Å². The van der Waals surface area contributed by atoms with Crippen molar-refractivity contribution >= 4 is 27.8 Å². The summed E-state index contributed by atoms with van der Waals surface area (Å²) < 4.78 is 25.2. The van der Waals surface area contributed by atoms with Crippen LogP contribution in [-0.2, 0) is 14.8 Å². The van der Waals surface area contributed by atoms with E-state index in [1.165, 1.54) is 28.7 Å². The number of nitro groups is 1. The lowest BCUT2D eigenvalue weighted by molar-refractivity contribution is -0.384. The Morgan fingerprint density at radius 3 is 2.69 bits per heavy atom. The molecule has 0 spiro atoms. The van der Waals surface area contributed by atoms with E-state index in [1.807, 2.05) is 0 Å². The second-order valence-corrected chi connectivity index (χ2v) is 8.18. The smallest absolute Gasteiger partial charge is 0.270 e. The predicted molar refractivity (Wildman–Crippen MR) is 97.3 cm³/mol. The van der Waals surface area contributed by atoms with Crippen LogP contribution in [0.25, 0.3) is 0 Å². The number of amides is 1. The molecule has 9 nitrogen and oxygen atoms in total. The number of carbonyl (C=O) groups excluding carboxylic acids is 1. The SMILES string of the molecule is CS(=O)(=O)N(CC(=O)N/N=C/c1cccc([N+](=O)[O-])c1)C1CCCCC1. The van der Waals surface area contributed by atoms with Crippen LogP contribution in [0.5, 0.6) is 0 Å². The highest BCUT2D eigenvalue weighted by atomic mass is 32.2. The predicted octanol–water partition coefficient (Wildman–Crippen LogP) is 1.64. The van der Waals surface area contributed by atoms with Gasteiger partial charge in [0.25, 0.3) is 11.6 Å². The number of benzene rings is 1. The number of rotatable bonds is 7. The molecule has 1 amide bonds. The number of carbonyl (C=O) groups is 1. The number of sulfonamides is 1. The van der Waals surface area contributed by atoms with Crippen molar-refractivity contribution in [2.24, 2.45) is 5.10 Å². The molecule has 26 heavy (non-hydrogen) atoms. The fraction of sp³-hybridized carbons (Fsp3) is 0.500. The van der Waals surface area contributed by atoms with Gasteiger partial charge >= 0.3 is 0 Å². The molecule has 142 valence electrons. The van der Waals surface area contributed by atoms with Crippen LogP contribution >= 0.6 is 0 Å². The van der Waals surface area contributed by atoms with E-state index in [9.17, 15) is 23.3 Å². The lowest BCUT2D eigenvalue weighted by atomic mass is 9.95. The Balaban J connectivity index is 1.97. The molecule has 1 aliphatic carbocycles. The van der Waals surface area contributed by atoms with E-state index < -0.39 is 20.9 Å². The molecule has 0 aliphatic heterocycles. The van der Waals surface area contributed by atoms with Gasteiger partial charge in [0.05, 0.1) is 23.9 Å². The van der Waals surface area contributed by atoms with Gasteiger partial charge in [0, 0.05) is 23.7 Å². The van der Waals surface area contributed by atoms with E-state index in [0.29, 0.717) is 5.56 Å². The summed E-state index contributed by atoms with van der Waals surface area (Å²) in [5.41, 5.74) is 2.64. The van der Waals surface area contributed by atoms with Gasteiger partial charge < -0.3 is 0 Å². The number of nitro benzene ring substituents is 1. The summed E-state index contributed by atoms with van der Waals surface area (Å²) in [6.45, 7) is -0.296. The second-order valence-electron chi connectivity index (χ2n) is 6.25. The molecule has 1 aromatic rings. The van der Waals surface area contributed by atoms with Crippen molar-refractivity contribution in [1.82, 2.24) is 9.73 Å². The first-order valence-electron chi connectivity index (χ1n) is 8.30. The van der Waals surface area contributed by atoms with Gasteiger partial charge in [-0.05, 0) is 12.8 Å². The topological polar surface area (TPSA) is 122 Å². The van der Waals surface area contributed by atoms with Crippen molar-refractivity contribution in [3.63, 3.8) is 0 Å². The minimum atomic E-state index is -3.51. The van der Waals surface area contributed by atoms with Crippen LogP contribution in [0.1, 0.15) is 37.7 Å². The van der Waals surface area contributed by atoms with E-state index in [2.05, 4.69) is 10.5 Å². The van der Waals surface area contributed by atoms with Crippen LogP contribution in [-0.4, -0.2) is 48.6 Å². The van der Waals surface area contributed by atoms with E-state index in [0.717, 1.165) is 38.4 Å². The maximum absolute atomic E-state index is 12.1. The molecule has 0 bridgehead atoms. The first-order valence-corrected chi connectivity index (χ1v) is 10.2. The number of hydrazone groups is 1. The Morgan fingerprint density at radius 2 is 2.08 bits per heavy atom. The molecule has 0 aromatic heterocycles. The van der Waals surface area contributed by atoms with Gasteiger partial charge in [-0.2, -0.15) is 9.41 Å². The summed E-state index contributed by atoms with van der Waals surface area (Å²) in [7, 11) is -3.51. The van der Waals surface area contributed by atoms with Gasteiger partial charge in [0.2, 0.25) is 10.0 Å². The summed E-state index contributed by atoms with van der Waals surface area (Å²) in [6, 6.07) is 5.62. The molecule has 2 rings (SSSR count). The van der Waals surface area contributed by atoms with Gasteiger partial charge in [0.15, 0.2) is 0 Å². The molecule has 1 saturated carbocycles.